The van der Waals surface area contributed by atoms with Gasteiger partial charge in [-0.2, -0.15) is 0 Å². The molecule has 0 atom stereocenters. The molecular formula is C19H12N4O4S. The minimum Gasteiger partial charge on any atom is -0.316 e. The van der Waals surface area contributed by atoms with E-state index in [-0.39, 0.29) is 16.9 Å². The smallest absolute Gasteiger partial charge is 0.292 e. The molecule has 4 rings (SSSR count). The number of thiazole rings is 1. The molecule has 8 nitrogen and oxygen atoms in total. The SMILES string of the molecule is O=C(Nc1ccccc1[N+](=O)[O-])c1cnc2scc(-c3ccccc3)n2c1=O. The second kappa shape index (κ2) is 7.05. The van der Waals surface area contributed by atoms with Crippen LogP contribution in [0.5, 0.6) is 0 Å². The maximum absolute atomic E-state index is 13.0. The second-order valence-electron chi connectivity index (χ2n) is 5.81. The van der Waals surface area contributed by atoms with Crippen molar-refractivity contribution in [2.45, 2.75) is 0 Å². The van der Waals surface area contributed by atoms with Crippen molar-refractivity contribution < 1.29 is 9.72 Å². The van der Waals surface area contributed by atoms with Crippen molar-refractivity contribution in [1.82, 2.24) is 9.38 Å². The number of benzene rings is 2. The minimum atomic E-state index is -0.758. The quantitative estimate of drug-likeness (QED) is 0.422. The van der Waals surface area contributed by atoms with E-state index >= 15 is 0 Å². The van der Waals surface area contributed by atoms with E-state index in [2.05, 4.69) is 10.3 Å². The van der Waals surface area contributed by atoms with Gasteiger partial charge in [0.15, 0.2) is 4.96 Å². The standard InChI is InChI=1S/C19H12N4O4S/c24-17(21-14-8-4-5-9-15(14)23(26)27)13-10-20-19-22(18(13)25)16(11-28-19)12-6-2-1-3-7-12/h1-11H,(H,21,24). The zero-order valence-corrected chi connectivity index (χ0v) is 15.1. The third-order valence-electron chi connectivity index (χ3n) is 4.11. The number of nitrogens with one attached hydrogen (secondary N) is 1. The van der Waals surface area contributed by atoms with E-state index < -0.39 is 16.4 Å². The molecule has 4 aromatic rings. The summed E-state index contributed by atoms with van der Waals surface area (Å²) in [6.07, 6.45) is 1.19. The van der Waals surface area contributed by atoms with E-state index in [1.54, 1.807) is 11.4 Å². The van der Waals surface area contributed by atoms with Crippen molar-refractivity contribution in [2.75, 3.05) is 5.32 Å². The summed E-state index contributed by atoms with van der Waals surface area (Å²) in [5, 5.41) is 15.4. The van der Waals surface area contributed by atoms with Crippen LogP contribution in [0.3, 0.4) is 0 Å². The molecule has 1 amide bonds. The number of fused-ring (bicyclic) bond motifs is 1. The number of carbonyl (C=O) groups is 1. The zero-order valence-electron chi connectivity index (χ0n) is 14.2. The lowest BCUT2D eigenvalue weighted by Gasteiger charge is -2.06. The highest BCUT2D eigenvalue weighted by atomic mass is 32.1. The molecule has 2 heterocycles. The molecule has 0 aliphatic rings. The molecule has 28 heavy (non-hydrogen) atoms. The maximum atomic E-state index is 13.0. The van der Waals surface area contributed by atoms with Gasteiger partial charge >= 0.3 is 0 Å². The first-order valence-electron chi connectivity index (χ1n) is 8.15. The number of hydrogen-bond acceptors (Lipinski definition) is 6. The number of anilines is 1. The lowest BCUT2D eigenvalue weighted by molar-refractivity contribution is -0.383. The summed E-state index contributed by atoms with van der Waals surface area (Å²) in [5.74, 6) is -0.758. The Labute approximate surface area is 161 Å². The van der Waals surface area contributed by atoms with Crippen molar-refractivity contribution in [3.05, 3.63) is 92.2 Å². The van der Waals surface area contributed by atoms with Gasteiger partial charge in [0.1, 0.15) is 11.3 Å². The van der Waals surface area contributed by atoms with E-state index in [1.807, 2.05) is 30.3 Å². The summed E-state index contributed by atoms with van der Waals surface area (Å²) >= 11 is 1.28. The van der Waals surface area contributed by atoms with Gasteiger partial charge in [-0.3, -0.25) is 24.1 Å². The number of carbonyl (C=O) groups excluding carboxylic acids is 1. The van der Waals surface area contributed by atoms with E-state index in [9.17, 15) is 19.7 Å². The summed E-state index contributed by atoms with van der Waals surface area (Å²) < 4.78 is 1.37. The fourth-order valence-electron chi connectivity index (χ4n) is 2.79. The van der Waals surface area contributed by atoms with Gasteiger partial charge in [0.2, 0.25) is 0 Å². The molecule has 0 bridgehead atoms. The van der Waals surface area contributed by atoms with Gasteiger partial charge in [0.25, 0.3) is 17.2 Å². The lowest BCUT2D eigenvalue weighted by atomic mass is 10.2. The molecule has 9 heteroatoms. The monoisotopic (exact) mass is 392 g/mol. The van der Waals surface area contributed by atoms with Crippen LogP contribution in [0.25, 0.3) is 16.2 Å². The average Bonchev–Trinajstić information content (AvgIpc) is 3.14. The molecule has 0 aliphatic carbocycles. The van der Waals surface area contributed by atoms with E-state index in [1.165, 1.54) is 40.1 Å². The second-order valence-corrected chi connectivity index (χ2v) is 6.65. The van der Waals surface area contributed by atoms with E-state index in [4.69, 9.17) is 0 Å². The first-order valence-corrected chi connectivity index (χ1v) is 9.03. The Bertz CT molecular complexity index is 1260. The lowest BCUT2D eigenvalue weighted by Crippen LogP contribution is -2.26. The Morgan fingerprint density at radius 2 is 1.82 bits per heavy atom. The Kier molecular flexibility index (Phi) is 4.42. The Morgan fingerprint density at radius 1 is 1.11 bits per heavy atom. The number of aromatic nitrogens is 2. The van der Waals surface area contributed by atoms with Crippen LogP contribution in [-0.4, -0.2) is 20.2 Å². The Morgan fingerprint density at radius 3 is 2.57 bits per heavy atom. The predicted molar refractivity (Wildman–Crippen MR) is 106 cm³/mol. The number of rotatable bonds is 4. The summed E-state index contributed by atoms with van der Waals surface area (Å²) in [7, 11) is 0. The first-order chi connectivity index (χ1) is 13.6. The van der Waals surface area contributed by atoms with Crippen molar-refractivity contribution in [3.63, 3.8) is 0 Å². The summed E-state index contributed by atoms with van der Waals surface area (Å²) in [6, 6.07) is 15.0. The van der Waals surface area contributed by atoms with Crippen LogP contribution < -0.4 is 10.9 Å². The van der Waals surface area contributed by atoms with Gasteiger partial charge in [-0.15, -0.1) is 11.3 Å². The van der Waals surface area contributed by atoms with Gasteiger partial charge in [0.05, 0.1) is 10.6 Å². The van der Waals surface area contributed by atoms with Crippen molar-refractivity contribution in [3.8, 4) is 11.3 Å². The normalized spacial score (nSPS) is 10.7. The highest BCUT2D eigenvalue weighted by Crippen LogP contribution is 2.25. The molecule has 1 N–H and O–H groups in total. The fraction of sp³-hybridized carbons (Fsp3) is 0. The van der Waals surface area contributed by atoms with Crippen molar-refractivity contribution >= 4 is 33.6 Å². The maximum Gasteiger partial charge on any atom is 0.292 e. The number of nitrogens with zero attached hydrogens (tertiary/aromatic N) is 3. The van der Waals surface area contributed by atoms with E-state index in [0.717, 1.165) is 5.56 Å². The third kappa shape index (κ3) is 3.03. The first kappa shape index (κ1) is 17.6. The number of hydrogen-bond donors (Lipinski definition) is 1. The fourth-order valence-corrected chi connectivity index (χ4v) is 3.65. The molecule has 0 fully saturated rings. The highest BCUT2D eigenvalue weighted by Gasteiger charge is 2.20. The molecule has 0 saturated carbocycles. The van der Waals surface area contributed by atoms with Crippen molar-refractivity contribution in [2.24, 2.45) is 0 Å². The van der Waals surface area contributed by atoms with Gasteiger partial charge in [-0.1, -0.05) is 42.5 Å². The highest BCUT2D eigenvalue weighted by molar-refractivity contribution is 7.15. The Hall–Kier alpha value is -3.85. The predicted octanol–water partition coefficient (Wildman–Crippen LogP) is 3.58. The van der Waals surface area contributed by atoms with Gasteiger partial charge < -0.3 is 5.32 Å². The van der Waals surface area contributed by atoms with Crippen LogP contribution in [0.4, 0.5) is 11.4 Å². The van der Waals surface area contributed by atoms with Crippen LogP contribution >= 0.6 is 11.3 Å². The molecule has 2 aromatic heterocycles. The molecule has 0 radical (unpaired) electrons. The molecule has 138 valence electrons. The third-order valence-corrected chi connectivity index (χ3v) is 4.95. The van der Waals surface area contributed by atoms with Crippen LogP contribution in [-0.2, 0) is 0 Å². The van der Waals surface area contributed by atoms with Crippen LogP contribution in [0.2, 0.25) is 0 Å². The largest absolute Gasteiger partial charge is 0.316 e. The Balaban J connectivity index is 1.78. The summed E-state index contributed by atoms with van der Waals surface area (Å²) in [4.78, 5) is 40.8. The number of nitro groups is 1. The molecule has 0 unspecified atom stereocenters. The zero-order chi connectivity index (χ0) is 19.7. The van der Waals surface area contributed by atoms with Crippen LogP contribution in [0.15, 0.2) is 71.0 Å². The van der Waals surface area contributed by atoms with Gasteiger partial charge in [0, 0.05) is 17.6 Å². The molecule has 0 aliphatic heterocycles. The number of para-hydroxylation sites is 2. The summed E-state index contributed by atoms with van der Waals surface area (Å²) in [5.41, 5.74) is 0.445. The molecule has 2 aromatic carbocycles. The number of amides is 1. The van der Waals surface area contributed by atoms with Crippen LogP contribution in [0.1, 0.15) is 10.4 Å². The van der Waals surface area contributed by atoms with Crippen molar-refractivity contribution in [1.29, 1.82) is 0 Å². The van der Waals surface area contributed by atoms with Gasteiger partial charge in [-0.25, -0.2) is 4.98 Å². The van der Waals surface area contributed by atoms with E-state index in [0.29, 0.717) is 10.7 Å². The average molecular weight is 392 g/mol. The van der Waals surface area contributed by atoms with Gasteiger partial charge in [-0.05, 0) is 11.6 Å². The minimum absolute atomic E-state index is 0.00981. The molecular weight excluding hydrogens is 380 g/mol. The number of nitro benzene ring substituents is 1. The summed E-state index contributed by atoms with van der Waals surface area (Å²) in [6.45, 7) is 0. The van der Waals surface area contributed by atoms with Crippen LogP contribution in [0, 0.1) is 10.1 Å². The molecule has 0 spiro atoms. The topological polar surface area (TPSA) is 107 Å². The molecule has 0 saturated heterocycles.